The molecule has 1 atom stereocenters. The Balaban J connectivity index is 1.39. The Kier molecular flexibility index (Phi) is 5.53. The molecular weight excluding hydrogens is 364 g/mol. The topological polar surface area (TPSA) is 92.3 Å². The van der Waals surface area contributed by atoms with Gasteiger partial charge in [0.25, 0.3) is 5.91 Å². The number of aromatic nitrogens is 2. The van der Waals surface area contributed by atoms with E-state index in [9.17, 15) is 9.90 Å². The van der Waals surface area contributed by atoms with Crippen molar-refractivity contribution in [3.8, 4) is 11.3 Å². The fourth-order valence-electron chi connectivity index (χ4n) is 3.82. The van der Waals surface area contributed by atoms with Crippen molar-refractivity contribution in [1.82, 2.24) is 14.9 Å². The van der Waals surface area contributed by atoms with Gasteiger partial charge in [0, 0.05) is 36.6 Å². The monoisotopic (exact) mass is 388 g/mol. The van der Waals surface area contributed by atoms with E-state index in [0.29, 0.717) is 30.0 Å². The third-order valence-electron chi connectivity index (χ3n) is 5.51. The van der Waals surface area contributed by atoms with Crippen molar-refractivity contribution < 1.29 is 9.90 Å². The number of hydrogen-bond donors (Lipinski definition) is 2. The lowest BCUT2D eigenvalue weighted by atomic mass is 9.89. The Morgan fingerprint density at radius 3 is 2.38 bits per heavy atom. The maximum absolute atomic E-state index is 12.9. The molecular formula is C23H24N4O2. The fourth-order valence-corrected chi connectivity index (χ4v) is 3.82. The average molecular weight is 388 g/mol. The zero-order valence-electron chi connectivity index (χ0n) is 16.1. The Labute approximate surface area is 170 Å². The van der Waals surface area contributed by atoms with Gasteiger partial charge in [-0.15, -0.1) is 0 Å². The zero-order valence-corrected chi connectivity index (χ0v) is 16.1. The van der Waals surface area contributed by atoms with Crippen LogP contribution in [-0.2, 0) is 0 Å². The van der Waals surface area contributed by atoms with Crippen LogP contribution in [0.4, 0.5) is 5.69 Å². The maximum Gasteiger partial charge on any atom is 0.253 e. The Bertz CT molecular complexity index is 968. The van der Waals surface area contributed by atoms with Crippen LogP contribution in [0.5, 0.6) is 0 Å². The third-order valence-corrected chi connectivity index (χ3v) is 5.51. The molecule has 0 radical (unpaired) electrons. The summed E-state index contributed by atoms with van der Waals surface area (Å²) in [5.74, 6) is 0.125. The summed E-state index contributed by atoms with van der Waals surface area (Å²) in [6.07, 6.45) is 4.32. The number of amides is 1. The Morgan fingerprint density at radius 2 is 1.72 bits per heavy atom. The number of pyridine rings is 2. The van der Waals surface area contributed by atoms with Gasteiger partial charge in [-0.05, 0) is 55.2 Å². The summed E-state index contributed by atoms with van der Waals surface area (Å²) in [6.45, 7) is 1.25. The smallest absolute Gasteiger partial charge is 0.253 e. The van der Waals surface area contributed by atoms with E-state index in [0.717, 1.165) is 24.1 Å². The molecule has 2 aromatic heterocycles. The first-order valence-corrected chi connectivity index (χ1v) is 9.82. The van der Waals surface area contributed by atoms with Crippen LogP contribution in [0.1, 0.15) is 35.0 Å². The van der Waals surface area contributed by atoms with Crippen molar-refractivity contribution in [2.45, 2.75) is 18.9 Å². The highest BCUT2D eigenvalue weighted by molar-refractivity contribution is 5.95. The molecule has 1 aliphatic heterocycles. The van der Waals surface area contributed by atoms with Gasteiger partial charge in [-0.3, -0.25) is 14.8 Å². The van der Waals surface area contributed by atoms with E-state index in [1.165, 1.54) is 0 Å². The molecule has 4 rings (SSSR count). The summed E-state index contributed by atoms with van der Waals surface area (Å²) in [7, 11) is 0. The number of carbonyl (C=O) groups is 1. The fraction of sp³-hybridized carbons (Fsp3) is 0.261. The van der Waals surface area contributed by atoms with E-state index in [4.69, 9.17) is 5.73 Å². The van der Waals surface area contributed by atoms with Crippen LogP contribution in [0.25, 0.3) is 11.3 Å². The molecule has 29 heavy (non-hydrogen) atoms. The van der Waals surface area contributed by atoms with Crippen molar-refractivity contribution in [3.05, 3.63) is 78.2 Å². The second-order valence-electron chi connectivity index (χ2n) is 7.35. The molecule has 3 heterocycles. The van der Waals surface area contributed by atoms with Crippen LogP contribution in [0.2, 0.25) is 0 Å². The maximum atomic E-state index is 12.9. The molecule has 1 fully saturated rings. The van der Waals surface area contributed by atoms with Crippen LogP contribution in [0.15, 0.2) is 67.0 Å². The largest absolute Gasteiger partial charge is 0.397 e. The van der Waals surface area contributed by atoms with Gasteiger partial charge < -0.3 is 15.7 Å². The highest BCUT2D eigenvalue weighted by Gasteiger charge is 2.29. The first-order chi connectivity index (χ1) is 14.1. The third kappa shape index (κ3) is 4.12. The molecule has 1 aliphatic rings. The lowest BCUT2D eigenvalue weighted by Gasteiger charge is -2.34. The number of aliphatic hydroxyl groups excluding tert-OH is 1. The van der Waals surface area contributed by atoms with Crippen LogP contribution < -0.4 is 5.73 Å². The molecule has 6 heteroatoms. The highest BCUT2D eigenvalue weighted by atomic mass is 16.3. The number of nitrogens with zero attached hydrogens (tertiary/aromatic N) is 3. The summed E-state index contributed by atoms with van der Waals surface area (Å²) in [6, 6.07) is 16.6. The number of anilines is 1. The van der Waals surface area contributed by atoms with Crippen molar-refractivity contribution in [3.63, 3.8) is 0 Å². The predicted molar refractivity (Wildman–Crippen MR) is 112 cm³/mol. The first kappa shape index (κ1) is 19.1. The molecule has 0 aliphatic carbocycles. The minimum absolute atomic E-state index is 0.0105. The molecule has 1 saturated heterocycles. The first-order valence-electron chi connectivity index (χ1n) is 9.82. The van der Waals surface area contributed by atoms with Gasteiger partial charge in [0.1, 0.15) is 0 Å². The van der Waals surface area contributed by atoms with Crippen molar-refractivity contribution in [2.75, 3.05) is 18.8 Å². The molecule has 0 bridgehead atoms. The standard InChI is InChI=1S/C23H24N4O2/c24-19-4-3-13-26-21(19)16-6-8-18(9-7-16)23(29)27-14-10-17(11-15-27)22(28)20-5-1-2-12-25-20/h1-9,12-13,17,22,28H,10-11,14-15,24H2/t22-/m0/s1. The van der Waals surface area contributed by atoms with E-state index < -0.39 is 6.10 Å². The summed E-state index contributed by atoms with van der Waals surface area (Å²) in [5, 5.41) is 10.6. The molecule has 0 saturated carbocycles. The quantitative estimate of drug-likeness (QED) is 0.715. The number of piperidine rings is 1. The number of nitrogens with two attached hydrogens (primary N) is 1. The van der Waals surface area contributed by atoms with E-state index in [-0.39, 0.29) is 11.8 Å². The molecule has 3 aromatic rings. The van der Waals surface area contributed by atoms with E-state index in [2.05, 4.69) is 9.97 Å². The normalized spacial score (nSPS) is 15.8. The zero-order chi connectivity index (χ0) is 20.2. The van der Waals surface area contributed by atoms with Crippen LogP contribution in [0, 0.1) is 5.92 Å². The van der Waals surface area contributed by atoms with Crippen molar-refractivity contribution in [1.29, 1.82) is 0 Å². The number of carbonyl (C=O) groups excluding carboxylic acids is 1. The second kappa shape index (κ2) is 8.41. The molecule has 6 nitrogen and oxygen atoms in total. The minimum Gasteiger partial charge on any atom is -0.397 e. The number of rotatable bonds is 4. The van der Waals surface area contributed by atoms with Crippen LogP contribution in [-0.4, -0.2) is 39.0 Å². The molecule has 3 N–H and O–H groups in total. The summed E-state index contributed by atoms with van der Waals surface area (Å²) in [5.41, 5.74) is 9.54. The van der Waals surface area contributed by atoms with Gasteiger partial charge in [0.2, 0.25) is 0 Å². The summed E-state index contributed by atoms with van der Waals surface area (Å²) >= 11 is 0. The highest BCUT2D eigenvalue weighted by Crippen LogP contribution is 2.30. The molecule has 1 aromatic carbocycles. The number of aliphatic hydroxyl groups is 1. The molecule has 0 spiro atoms. The van der Waals surface area contributed by atoms with Gasteiger partial charge in [-0.2, -0.15) is 0 Å². The number of nitrogen functional groups attached to an aromatic ring is 1. The summed E-state index contributed by atoms with van der Waals surface area (Å²) in [4.78, 5) is 23.3. The van der Waals surface area contributed by atoms with E-state index >= 15 is 0 Å². The number of likely N-dealkylation sites (tertiary alicyclic amines) is 1. The molecule has 148 valence electrons. The predicted octanol–water partition coefficient (Wildman–Crippen LogP) is 3.31. The Hall–Kier alpha value is -3.25. The van der Waals surface area contributed by atoms with E-state index in [1.54, 1.807) is 18.5 Å². The Morgan fingerprint density at radius 1 is 1.00 bits per heavy atom. The lowest BCUT2D eigenvalue weighted by Crippen LogP contribution is -2.39. The van der Waals surface area contributed by atoms with Crippen molar-refractivity contribution in [2.24, 2.45) is 5.92 Å². The molecule has 0 unspecified atom stereocenters. The number of hydrogen-bond acceptors (Lipinski definition) is 5. The van der Waals surface area contributed by atoms with Gasteiger partial charge in [0.05, 0.1) is 23.2 Å². The second-order valence-corrected chi connectivity index (χ2v) is 7.35. The minimum atomic E-state index is -0.587. The van der Waals surface area contributed by atoms with Gasteiger partial charge >= 0.3 is 0 Å². The summed E-state index contributed by atoms with van der Waals surface area (Å²) < 4.78 is 0. The SMILES string of the molecule is Nc1cccnc1-c1ccc(C(=O)N2CCC([C@H](O)c3ccccn3)CC2)cc1. The van der Waals surface area contributed by atoms with Crippen molar-refractivity contribution >= 4 is 11.6 Å². The average Bonchev–Trinajstić information content (AvgIpc) is 2.79. The van der Waals surface area contributed by atoms with Gasteiger partial charge in [-0.1, -0.05) is 18.2 Å². The molecule has 1 amide bonds. The van der Waals surface area contributed by atoms with Gasteiger partial charge in [0.15, 0.2) is 0 Å². The van der Waals surface area contributed by atoms with E-state index in [1.807, 2.05) is 53.4 Å². The van der Waals surface area contributed by atoms with Crippen LogP contribution in [0.3, 0.4) is 0 Å². The van der Waals surface area contributed by atoms with Crippen LogP contribution >= 0.6 is 0 Å². The number of benzene rings is 1. The van der Waals surface area contributed by atoms with Gasteiger partial charge in [-0.25, -0.2) is 0 Å². The lowest BCUT2D eigenvalue weighted by molar-refractivity contribution is 0.0447.